The zero-order valence-corrected chi connectivity index (χ0v) is 13.1. The Balaban J connectivity index is 1.59. The standard InChI is InChI=1S/C18H25NO2/c1-3-19(4-2)13-14-5-7-15(8-6-14)17(20)21-18(11-12-18)16-9-10-16/h5-8,16H,3-4,9-13H2,1-2H3. The van der Waals surface area contributed by atoms with Crippen molar-refractivity contribution in [1.82, 2.24) is 4.90 Å². The molecule has 0 saturated heterocycles. The molecule has 0 amide bonds. The van der Waals surface area contributed by atoms with Crippen molar-refractivity contribution in [1.29, 1.82) is 0 Å². The maximum atomic E-state index is 12.2. The molecule has 114 valence electrons. The van der Waals surface area contributed by atoms with Gasteiger partial charge in [0.05, 0.1) is 5.56 Å². The van der Waals surface area contributed by atoms with Crippen LogP contribution >= 0.6 is 0 Å². The van der Waals surface area contributed by atoms with Gasteiger partial charge >= 0.3 is 5.97 Å². The Hall–Kier alpha value is -1.35. The number of carbonyl (C=O) groups is 1. The van der Waals surface area contributed by atoms with Crippen LogP contribution in [0.25, 0.3) is 0 Å². The van der Waals surface area contributed by atoms with E-state index in [9.17, 15) is 4.79 Å². The first-order chi connectivity index (χ1) is 10.2. The van der Waals surface area contributed by atoms with Gasteiger partial charge in [0.1, 0.15) is 5.60 Å². The molecule has 1 aromatic carbocycles. The van der Waals surface area contributed by atoms with E-state index in [2.05, 4.69) is 18.7 Å². The monoisotopic (exact) mass is 287 g/mol. The second-order valence-corrected chi connectivity index (χ2v) is 6.39. The fourth-order valence-corrected chi connectivity index (χ4v) is 3.02. The van der Waals surface area contributed by atoms with Gasteiger partial charge in [0.15, 0.2) is 0 Å². The van der Waals surface area contributed by atoms with Crippen molar-refractivity contribution < 1.29 is 9.53 Å². The number of nitrogens with zero attached hydrogens (tertiary/aromatic N) is 1. The Morgan fingerprint density at radius 3 is 2.29 bits per heavy atom. The highest BCUT2D eigenvalue weighted by molar-refractivity contribution is 5.89. The van der Waals surface area contributed by atoms with E-state index in [0.717, 1.165) is 32.5 Å². The van der Waals surface area contributed by atoms with Crippen LogP contribution in [0.2, 0.25) is 0 Å². The van der Waals surface area contributed by atoms with E-state index in [0.29, 0.717) is 11.5 Å². The lowest BCUT2D eigenvalue weighted by Crippen LogP contribution is -2.23. The Morgan fingerprint density at radius 1 is 1.19 bits per heavy atom. The van der Waals surface area contributed by atoms with Crippen molar-refractivity contribution in [2.75, 3.05) is 13.1 Å². The number of benzene rings is 1. The van der Waals surface area contributed by atoms with Crippen LogP contribution in [0.5, 0.6) is 0 Å². The summed E-state index contributed by atoms with van der Waals surface area (Å²) in [5.41, 5.74) is 1.85. The number of hydrogen-bond donors (Lipinski definition) is 0. The smallest absolute Gasteiger partial charge is 0.338 e. The van der Waals surface area contributed by atoms with Gasteiger partial charge in [-0.05, 0) is 62.4 Å². The summed E-state index contributed by atoms with van der Waals surface area (Å²) in [7, 11) is 0. The maximum absolute atomic E-state index is 12.2. The zero-order chi connectivity index (χ0) is 14.9. The molecule has 0 N–H and O–H groups in total. The third-order valence-corrected chi connectivity index (χ3v) is 4.85. The van der Waals surface area contributed by atoms with Crippen molar-refractivity contribution in [3.05, 3.63) is 35.4 Å². The van der Waals surface area contributed by atoms with Gasteiger partial charge in [0.2, 0.25) is 0 Å². The number of rotatable bonds is 7. The largest absolute Gasteiger partial charge is 0.455 e. The molecule has 0 heterocycles. The summed E-state index contributed by atoms with van der Waals surface area (Å²) in [5.74, 6) is 0.497. The Morgan fingerprint density at radius 2 is 1.81 bits per heavy atom. The summed E-state index contributed by atoms with van der Waals surface area (Å²) in [5, 5.41) is 0. The van der Waals surface area contributed by atoms with Crippen LogP contribution in [0.3, 0.4) is 0 Å². The van der Waals surface area contributed by atoms with Crippen LogP contribution in [-0.2, 0) is 11.3 Å². The highest BCUT2D eigenvalue weighted by Gasteiger charge is 2.57. The highest BCUT2D eigenvalue weighted by atomic mass is 16.6. The summed E-state index contributed by atoms with van der Waals surface area (Å²) in [6, 6.07) is 7.91. The van der Waals surface area contributed by atoms with Crippen LogP contribution in [-0.4, -0.2) is 29.6 Å². The minimum absolute atomic E-state index is 0.0863. The second-order valence-electron chi connectivity index (χ2n) is 6.39. The van der Waals surface area contributed by atoms with Gasteiger partial charge in [-0.2, -0.15) is 0 Å². The summed E-state index contributed by atoms with van der Waals surface area (Å²) < 4.78 is 5.77. The molecular weight excluding hydrogens is 262 g/mol. The SMILES string of the molecule is CCN(CC)Cc1ccc(C(=O)OC2(C3CC3)CC2)cc1. The highest BCUT2D eigenvalue weighted by Crippen LogP contribution is 2.56. The molecule has 0 aliphatic heterocycles. The molecule has 0 aromatic heterocycles. The lowest BCUT2D eigenvalue weighted by Gasteiger charge is -2.18. The van der Waals surface area contributed by atoms with Crippen LogP contribution in [0.15, 0.2) is 24.3 Å². The molecule has 3 rings (SSSR count). The van der Waals surface area contributed by atoms with Gasteiger partial charge in [-0.15, -0.1) is 0 Å². The van der Waals surface area contributed by atoms with Crippen LogP contribution in [0, 0.1) is 5.92 Å². The summed E-state index contributed by atoms with van der Waals surface area (Å²) in [6.45, 7) is 7.37. The first-order valence-electron chi connectivity index (χ1n) is 8.21. The first kappa shape index (κ1) is 14.6. The number of ether oxygens (including phenoxy) is 1. The van der Waals surface area contributed by atoms with E-state index < -0.39 is 0 Å². The average Bonchev–Trinajstić information content (AvgIpc) is 3.37. The van der Waals surface area contributed by atoms with Crippen molar-refractivity contribution in [2.24, 2.45) is 5.92 Å². The number of hydrogen-bond acceptors (Lipinski definition) is 3. The fourth-order valence-electron chi connectivity index (χ4n) is 3.02. The topological polar surface area (TPSA) is 29.5 Å². The van der Waals surface area contributed by atoms with Crippen LogP contribution < -0.4 is 0 Å². The Bertz CT molecular complexity index is 496. The fraction of sp³-hybridized carbons (Fsp3) is 0.611. The molecule has 3 nitrogen and oxygen atoms in total. The molecular formula is C18H25NO2. The van der Waals surface area contributed by atoms with E-state index in [1.54, 1.807) is 0 Å². The summed E-state index contributed by atoms with van der Waals surface area (Å²) in [4.78, 5) is 14.6. The predicted molar refractivity (Wildman–Crippen MR) is 83.2 cm³/mol. The van der Waals surface area contributed by atoms with Gasteiger partial charge in [-0.25, -0.2) is 4.79 Å². The van der Waals surface area contributed by atoms with Crippen LogP contribution in [0.1, 0.15) is 55.5 Å². The van der Waals surface area contributed by atoms with Gasteiger partial charge in [0, 0.05) is 6.54 Å². The maximum Gasteiger partial charge on any atom is 0.338 e. The normalized spacial score (nSPS) is 19.6. The minimum atomic E-state index is -0.145. The molecule has 2 aliphatic carbocycles. The van der Waals surface area contributed by atoms with Gasteiger partial charge in [-0.3, -0.25) is 4.90 Å². The van der Waals surface area contributed by atoms with E-state index in [1.165, 1.54) is 18.4 Å². The molecule has 2 saturated carbocycles. The van der Waals surface area contributed by atoms with E-state index in [4.69, 9.17) is 4.74 Å². The quantitative estimate of drug-likeness (QED) is 0.717. The zero-order valence-electron chi connectivity index (χ0n) is 13.1. The van der Waals surface area contributed by atoms with Crippen molar-refractivity contribution in [3.63, 3.8) is 0 Å². The molecule has 1 aromatic rings. The number of esters is 1. The third kappa shape index (κ3) is 3.29. The molecule has 0 atom stereocenters. The second kappa shape index (κ2) is 5.80. The lowest BCUT2D eigenvalue weighted by molar-refractivity contribution is 0.0160. The van der Waals surface area contributed by atoms with Crippen molar-refractivity contribution in [3.8, 4) is 0 Å². The average molecular weight is 287 g/mol. The Labute approximate surface area is 127 Å². The minimum Gasteiger partial charge on any atom is -0.455 e. The van der Waals surface area contributed by atoms with Crippen molar-refractivity contribution >= 4 is 5.97 Å². The first-order valence-corrected chi connectivity index (χ1v) is 8.21. The van der Waals surface area contributed by atoms with Gasteiger partial charge < -0.3 is 4.74 Å². The number of carbonyl (C=O) groups excluding carboxylic acids is 1. The molecule has 0 spiro atoms. The van der Waals surface area contributed by atoms with Gasteiger partial charge in [0.25, 0.3) is 0 Å². The Kier molecular flexibility index (Phi) is 4.03. The summed E-state index contributed by atoms with van der Waals surface area (Å²) >= 11 is 0. The lowest BCUT2D eigenvalue weighted by atomic mass is 10.1. The molecule has 2 fully saturated rings. The molecule has 21 heavy (non-hydrogen) atoms. The van der Waals surface area contributed by atoms with Gasteiger partial charge in [-0.1, -0.05) is 26.0 Å². The van der Waals surface area contributed by atoms with Crippen molar-refractivity contribution in [2.45, 2.75) is 51.7 Å². The molecule has 0 radical (unpaired) electrons. The van der Waals surface area contributed by atoms with E-state index >= 15 is 0 Å². The molecule has 0 unspecified atom stereocenters. The van der Waals surface area contributed by atoms with E-state index in [1.807, 2.05) is 24.3 Å². The summed E-state index contributed by atoms with van der Waals surface area (Å²) in [6.07, 6.45) is 4.58. The molecule has 3 heteroatoms. The van der Waals surface area contributed by atoms with E-state index in [-0.39, 0.29) is 11.6 Å². The molecule has 0 bridgehead atoms. The predicted octanol–water partition coefficient (Wildman–Crippen LogP) is 3.63. The molecule has 2 aliphatic rings. The third-order valence-electron chi connectivity index (χ3n) is 4.85. The van der Waals surface area contributed by atoms with Crippen LogP contribution in [0.4, 0.5) is 0 Å².